The molecule has 268 valence electrons. The van der Waals surface area contributed by atoms with Crippen molar-refractivity contribution in [2.24, 2.45) is 0 Å². The number of fused-ring (bicyclic) bond motifs is 4. The molecule has 0 fully saturated rings. The first-order valence-electron chi connectivity index (χ1n) is 17.3. The molecule has 0 saturated heterocycles. The highest BCUT2D eigenvalue weighted by Crippen LogP contribution is 2.47. The van der Waals surface area contributed by atoms with Gasteiger partial charge in [-0.15, -0.1) is 0 Å². The molecule has 0 unspecified atom stereocenters. The lowest BCUT2D eigenvalue weighted by Crippen LogP contribution is -2.32. The maximum Gasteiger partial charge on any atom is 0.344 e. The van der Waals surface area contributed by atoms with Crippen LogP contribution in [-0.2, 0) is 0 Å². The van der Waals surface area contributed by atoms with E-state index in [1.54, 1.807) is 18.2 Å². The molecule has 0 spiro atoms. The van der Waals surface area contributed by atoms with Gasteiger partial charge < -0.3 is 24.4 Å². The van der Waals surface area contributed by atoms with Crippen molar-refractivity contribution in [1.29, 1.82) is 0 Å². The number of carboxylic acid groups (broad SMARTS) is 2. The number of aromatic amines is 1. The summed E-state index contributed by atoms with van der Waals surface area (Å²) in [6.07, 6.45) is 0. The molecule has 0 amide bonds. The second-order valence-electron chi connectivity index (χ2n) is 13.5. The third-order valence-electron chi connectivity index (χ3n) is 10.4. The van der Waals surface area contributed by atoms with Crippen LogP contribution in [0.15, 0.2) is 134 Å². The SMILES string of the molecule is C=c1oc(=O)c2ccc3c4c(ccc1c42)Oc1ccccc1-3.O=C(O)c1cc(C(=O)O)cc(-n2c(=O)c3ccc4[nH]c5ccccc5c5ccc(c2=O)c3c45)c1. The summed E-state index contributed by atoms with van der Waals surface area (Å²) in [5.74, 6) is -1.15. The van der Waals surface area contributed by atoms with E-state index in [1.807, 2.05) is 78.9 Å². The lowest BCUT2D eigenvalue weighted by atomic mass is 9.92. The predicted octanol–water partition coefficient (Wildman–Crippen LogP) is 7.82. The molecule has 7 aromatic carbocycles. The fraction of sp³-hybridized carbons (Fsp3) is 0. The number of para-hydroxylation sites is 2. The summed E-state index contributed by atoms with van der Waals surface area (Å²) in [6, 6.07) is 33.3. The number of nitrogens with zero attached hydrogens (tertiary/aromatic N) is 1. The van der Waals surface area contributed by atoms with Gasteiger partial charge in [0.15, 0.2) is 0 Å². The van der Waals surface area contributed by atoms with Gasteiger partial charge in [0.1, 0.15) is 16.9 Å². The van der Waals surface area contributed by atoms with Crippen molar-refractivity contribution in [2.45, 2.75) is 0 Å². The van der Waals surface area contributed by atoms with Crippen LogP contribution in [-0.4, -0.2) is 31.7 Å². The number of ether oxygens (including phenoxy) is 1. The summed E-state index contributed by atoms with van der Waals surface area (Å²) in [7, 11) is 0. The number of rotatable bonds is 3. The van der Waals surface area contributed by atoms with Gasteiger partial charge in [0.2, 0.25) is 0 Å². The molecule has 0 aliphatic carbocycles. The molecular formula is C45H24N2O9. The number of benzene rings is 7. The summed E-state index contributed by atoms with van der Waals surface area (Å²) in [5, 5.41) is 25.7. The number of hydrogen-bond acceptors (Lipinski definition) is 7. The standard InChI is InChI=1S/C26H14N2O6.C19H10O3/c29-23-17-6-5-16-15-3-1-2-4-19(15)27-20-8-7-18(21(17)22(16)20)24(30)28(23)14-10-12(25(31)32)9-13(11-14)26(33)34;1-10-11-8-9-16-18-13(12-4-2-3-5-15(12)22-16)6-7-14(17(11)18)19(20)21-10/h1-11,27H,(H,31,32)(H,33,34);2-9H,1H2. The van der Waals surface area contributed by atoms with Crippen molar-refractivity contribution in [2.75, 3.05) is 0 Å². The topological polar surface area (TPSA) is 169 Å². The quantitative estimate of drug-likeness (QED) is 0.121. The van der Waals surface area contributed by atoms with Crippen LogP contribution in [0.1, 0.15) is 20.7 Å². The van der Waals surface area contributed by atoms with Gasteiger partial charge in [0.25, 0.3) is 11.1 Å². The van der Waals surface area contributed by atoms with E-state index < -0.39 is 23.1 Å². The van der Waals surface area contributed by atoms with Gasteiger partial charge in [0.05, 0.1) is 22.2 Å². The molecule has 56 heavy (non-hydrogen) atoms. The minimum Gasteiger partial charge on any atom is -0.478 e. The van der Waals surface area contributed by atoms with Crippen molar-refractivity contribution in [3.8, 4) is 28.3 Å². The Hall–Kier alpha value is -8.05. The molecule has 0 saturated carbocycles. The summed E-state index contributed by atoms with van der Waals surface area (Å²) >= 11 is 0. The number of pyridine rings is 2. The van der Waals surface area contributed by atoms with Gasteiger partial charge >= 0.3 is 17.6 Å². The first-order chi connectivity index (χ1) is 27.1. The maximum atomic E-state index is 13.5. The van der Waals surface area contributed by atoms with E-state index in [0.29, 0.717) is 16.2 Å². The van der Waals surface area contributed by atoms with Crippen molar-refractivity contribution in [1.82, 2.24) is 9.55 Å². The van der Waals surface area contributed by atoms with Gasteiger partial charge in [0, 0.05) is 59.7 Å². The minimum atomic E-state index is -1.37. The summed E-state index contributed by atoms with van der Waals surface area (Å²) in [5.41, 5.74) is 1.71. The Morgan fingerprint density at radius 3 is 1.93 bits per heavy atom. The molecule has 11 heteroatoms. The zero-order chi connectivity index (χ0) is 38.6. The fourth-order valence-corrected chi connectivity index (χ4v) is 8.00. The molecular weight excluding hydrogens is 712 g/mol. The zero-order valence-electron chi connectivity index (χ0n) is 28.9. The Morgan fingerprint density at radius 1 is 0.554 bits per heavy atom. The normalized spacial score (nSPS) is 11.9. The third-order valence-corrected chi connectivity index (χ3v) is 10.4. The highest BCUT2D eigenvalue weighted by molar-refractivity contribution is 6.27. The number of carboxylic acids is 2. The molecule has 11 nitrogen and oxygen atoms in total. The number of aromatic nitrogens is 2. The van der Waals surface area contributed by atoms with Gasteiger partial charge in [-0.3, -0.25) is 9.59 Å². The van der Waals surface area contributed by atoms with Crippen molar-refractivity contribution >= 4 is 83.4 Å². The van der Waals surface area contributed by atoms with E-state index >= 15 is 0 Å². The molecule has 3 aromatic heterocycles. The number of nitrogens with one attached hydrogen (secondary N) is 1. The molecule has 3 N–H and O–H groups in total. The number of hydrogen-bond donors (Lipinski definition) is 3. The van der Waals surface area contributed by atoms with Gasteiger partial charge in [-0.2, -0.15) is 0 Å². The Balaban J connectivity index is 0.000000150. The second-order valence-corrected chi connectivity index (χ2v) is 13.5. The summed E-state index contributed by atoms with van der Waals surface area (Å²) < 4.78 is 12.1. The molecule has 0 bridgehead atoms. The first kappa shape index (κ1) is 32.6. The Bertz CT molecular complexity index is 3520. The Kier molecular flexibility index (Phi) is 6.82. The lowest BCUT2D eigenvalue weighted by molar-refractivity contribution is 0.0696. The Labute approximate surface area is 312 Å². The van der Waals surface area contributed by atoms with Crippen molar-refractivity contribution in [3.63, 3.8) is 0 Å². The highest BCUT2D eigenvalue weighted by Gasteiger charge is 2.24. The van der Waals surface area contributed by atoms with Gasteiger partial charge in [-0.1, -0.05) is 55.1 Å². The molecule has 1 aliphatic heterocycles. The van der Waals surface area contributed by atoms with Crippen molar-refractivity contribution < 1.29 is 29.0 Å². The van der Waals surface area contributed by atoms with E-state index in [0.717, 1.165) is 88.7 Å². The number of H-pyrrole nitrogens is 1. The molecule has 1 aliphatic rings. The maximum absolute atomic E-state index is 13.5. The van der Waals surface area contributed by atoms with Crippen LogP contribution in [0.3, 0.4) is 0 Å². The second kappa shape index (κ2) is 11.7. The molecule has 4 heterocycles. The van der Waals surface area contributed by atoms with Gasteiger partial charge in [-0.05, 0) is 77.7 Å². The van der Waals surface area contributed by atoms with E-state index in [1.165, 1.54) is 0 Å². The van der Waals surface area contributed by atoms with Gasteiger partial charge in [-0.25, -0.2) is 19.0 Å². The van der Waals surface area contributed by atoms with Crippen LogP contribution >= 0.6 is 0 Å². The number of carbonyl (C=O) groups is 2. The zero-order valence-corrected chi connectivity index (χ0v) is 28.9. The summed E-state index contributed by atoms with van der Waals surface area (Å²) in [6.45, 7) is 3.85. The van der Waals surface area contributed by atoms with Crippen LogP contribution in [0, 0.1) is 0 Å². The third kappa shape index (κ3) is 4.61. The van der Waals surface area contributed by atoms with Crippen LogP contribution < -0.4 is 26.9 Å². The average Bonchev–Trinajstić information content (AvgIpc) is 3.20. The largest absolute Gasteiger partial charge is 0.478 e. The van der Waals surface area contributed by atoms with E-state index in [4.69, 9.17) is 9.15 Å². The van der Waals surface area contributed by atoms with Crippen LogP contribution in [0.5, 0.6) is 11.5 Å². The average molecular weight is 737 g/mol. The fourth-order valence-electron chi connectivity index (χ4n) is 8.00. The van der Waals surface area contributed by atoms with Crippen LogP contribution in [0.2, 0.25) is 0 Å². The first-order valence-corrected chi connectivity index (χ1v) is 17.3. The van der Waals surface area contributed by atoms with Crippen LogP contribution in [0.25, 0.3) is 88.3 Å². The van der Waals surface area contributed by atoms with E-state index in [9.17, 15) is 34.2 Å². The van der Waals surface area contributed by atoms with E-state index in [2.05, 4.69) is 11.6 Å². The molecule has 11 rings (SSSR count). The number of aromatic carboxylic acids is 2. The lowest BCUT2D eigenvalue weighted by Gasteiger charge is -2.22. The highest BCUT2D eigenvalue weighted by atomic mass is 16.5. The monoisotopic (exact) mass is 736 g/mol. The molecule has 0 atom stereocenters. The van der Waals surface area contributed by atoms with Crippen LogP contribution in [0.4, 0.5) is 0 Å². The molecule has 10 aromatic rings. The smallest absolute Gasteiger partial charge is 0.344 e. The minimum absolute atomic E-state index is 0.116. The van der Waals surface area contributed by atoms with Crippen molar-refractivity contribution in [3.05, 3.63) is 163 Å². The predicted molar refractivity (Wildman–Crippen MR) is 214 cm³/mol. The van der Waals surface area contributed by atoms with E-state index in [-0.39, 0.29) is 33.2 Å². The molecule has 0 radical (unpaired) electrons. The Morgan fingerprint density at radius 2 is 1.18 bits per heavy atom. The summed E-state index contributed by atoms with van der Waals surface area (Å²) in [4.78, 5) is 65.7.